The number of nitrogens with two attached hydrogens (primary N) is 1. The number of rotatable bonds is 16. The van der Waals surface area contributed by atoms with E-state index in [1.54, 1.807) is 12.1 Å². The number of carbonyl (C=O) groups excluding carboxylic acids is 1. The predicted octanol–water partition coefficient (Wildman–Crippen LogP) is 2.66. The van der Waals surface area contributed by atoms with Gasteiger partial charge in [0.05, 0.1) is 0 Å². The SMILES string of the molecule is CCC(NC[C@H](O)COc1ccccc1)C(NC[C@H](O)COc1ccccc1)c1ccc(C(N)=O)cc1. The first-order valence-electron chi connectivity index (χ1n) is 12.5. The highest BCUT2D eigenvalue weighted by atomic mass is 16.5. The van der Waals surface area contributed by atoms with Crippen LogP contribution in [0.5, 0.6) is 11.5 Å². The van der Waals surface area contributed by atoms with E-state index in [1.165, 1.54) is 0 Å². The van der Waals surface area contributed by atoms with Crippen LogP contribution in [0, 0.1) is 0 Å². The molecule has 37 heavy (non-hydrogen) atoms. The van der Waals surface area contributed by atoms with Crippen molar-refractivity contribution in [3.8, 4) is 11.5 Å². The monoisotopic (exact) mass is 507 g/mol. The number of ether oxygens (including phenoxy) is 2. The topological polar surface area (TPSA) is 126 Å². The van der Waals surface area contributed by atoms with Gasteiger partial charge in [-0.3, -0.25) is 4.79 Å². The molecule has 3 rings (SSSR count). The van der Waals surface area contributed by atoms with Crippen LogP contribution in [-0.2, 0) is 0 Å². The average molecular weight is 508 g/mol. The van der Waals surface area contributed by atoms with Crippen molar-refractivity contribution in [1.29, 1.82) is 0 Å². The normalized spacial score (nSPS) is 14.4. The Morgan fingerprint density at radius 3 is 1.73 bits per heavy atom. The number of aliphatic hydroxyl groups is 2. The minimum absolute atomic E-state index is 0.0759. The molecule has 0 radical (unpaired) electrons. The molecule has 2 unspecified atom stereocenters. The van der Waals surface area contributed by atoms with Crippen LogP contribution in [0.3, 0.4) is 0 Å². The molecule has 8 nitrogen and oxygen atoms in total. The van der Waals surface area contributed by atoms with Gasteiger partial charge in [0.1, 0.15) is 36.9 Å². The molecule has 0 aromatic heterocycles. The van der Waals surface area contributed by atoms with E-state index < -0.39 is 18.1 Å². The molecule has 0 aliphatic heterocycles. The second kappa shape index (κ2) is 15.0. The lowest BCUT2D eigenvalue weighted by Crippen LogP contribution is -2.47. The third kappa shape index (κ3) is 9.51. The van der Waals surface area contributed by atoms with E-state index >= 15 is 0 Å². The molecule has 1 amide bonds. The molecule has 0 spiro atoms. The summed E-state index contributed by atoms with van der Waals surface area (Å²) in [5, 5.41) is 27.9. The first kappa shape index (κ1) is 28.1. The van der Waals surface area contributed by atoms with Gasteiger partial charge in [-0.25, -0.2) is 0 Å². The molecular formula is C29H37N3O5. The van der Waals surface area contributed by atoms with Gasteiger partial charge >= 0.3 is 0 Å². The third-order valence-electron chi connectivity index (χ3n) is 5.96. The number of hydrogen-bond donors (Lipinski definition) is 5. The second-order valence-electron chi connectivity index (χ2n) is 8.85. The second-order valence-corrected chi connectivity index (χ2v) is 8.85. The van der Waals surface area contributed by atoms with E-state index in [0.717, 1.165) is 12.0 Å². The summed E-state index contributed by atoms with van der Waals surface area (Å²) in [7, 11) is 0. The van der Waals surface area contributed by atoms with Crippen LogP contribution in [0.25, 0.3) is 0 Å². The van der Waals surface area contributed by atoms with Crippen LogP contribution in [0.4, 0.5) is 0 Å². The summed E-state index contributed by atoms with van der Waals surface area (Å²) in [6, 6.07) is 25.5. The summed E-state index contributed by atoms with van der Waals surface area (Å²) in [5.74, 6) is 0.908. The van der Waals surface area contributed by atoms with Gasteiger partial charge in [0.15, 0.2) is 0 Å². The first-order valence-corrected chi connectivity index (χ1v) is 12.5. The van der Waals surface area contributed by atoms with E-state index in [4.69, 9.17) is 15.2 Å². The van der Waals surface area contributed by atoms with Crippen LogP contribution < -0.4 is 25.8 Å². The molecule has 0 fully saturated rings. The molecular weight excluding hydrogens is 470 g/mol. The van der Waals surface area contributed by atoms with Gasteiger partial charge in [-0.05, 0) is 48.4 Å². The van der Waals surface area contributed by atoms with Crippen LogP contribution in [0.2, 0.25) is 0 Å². The Hall–Kier alpha value is -3.43. The molecule has 198 valence electrons. The van der Waals surface area contributed by atoms with Crippen molar-refractivity contribution in [2.45, 2.75) is 37.6 Å². The number of carbonyl (C=O) groups is 1. The lowest BCUT2D eigenvalue weighted by atomic mass is 9.95. The fourth-order valence-electron chi connectivity index (χ4n) is 3.93. The zero-order valence-electron chi connectivity index (χ0n) is 21.1. The van der Waals surface area contributed by atoms with Crippen molar-refractivity contribution in [3.63, 3.8) is 0 Å². The zero-order valence-corrected chi connectivity index (χ0v) is 21.1. The molecule has 8 heteroatoms. The van der Waals surface area contributed by atoms with Crippen molar-refractivity contribution >= 4 is 5.91 Å². The molecule has 0 saturated heterocycles. The summed E-state index contributed by atoms with van der Waals surface area (Å²) < 4.78 is 11.3. The van der Waals surface area contributed by atoms with Gasteiger partial charge in [-0.2, -0.15) is 0 Å². The van der Waals surface area contributed by atoms with E-state index in [0.29, 0.717) is 23.6 Å². The molecule has 4 atom stereocenters. The maximum atomic E-state index is 11.5. The highest BCUT2D eigenvalue weighted by molar-refractivity contribution is 5.92. The van der Waals surface area contributed by atoms with E-state index in [-0.39, 0.29) is 31.8 Å². The van der Waals surface area contributed by atoms with Crippen LogP contribution in [0.1, 0.15) is 35.3 Å². The lowest BCUT2D eigenvalue weighted by molar-refractivity contribution is 0.0945. The minimum Gasteiger partial charge on any atom is -0.491 e. The molecule has 0 saturated carbocycles. The number of aliphatic hydroxyl groups excluding tert-OH is 2. The predicted molar refractivity (Wildman–Crippen MR) is 144 cm³/mol. The van der Waals surface area contributed by atoms with Crippen molar-refractivity contribution in [2.24, 2.45) is 5.73 Å². The number of nitrogens with one attached hydrogen (secondary N) is 2. The summed E-state index contributed by atoms with van der Waals surface area (Å²) in [6.45, 7) is 2.96. The standard InChI is InChI=1S/C29H37N3O5/c1-2-27(31-17-23(33)19-36-25-9-5-3-6-10-25)28(21-13-15-22(16-14-21)29(30)35)32-18-24(34)20-37-26-11-7-4-8-12-26/h3-16,23-24,27-28,31-34H,2,17-20H2,1H3,(H2,30,35)/t23-,24-,27?,28?/m0/s1. The van der Waals surface area contributed by atoms with E-state index in [1.807, 2.05) is 79.7 Å². The van der Waals surface area contributed by atoms with Gasteiger partial charge < -0.3 is 36.1 Å². The van der Waals surface area contributed by atoms with Gasteiger partial charge in [-0.15, -0.1) is 0 Å². The molecule has 0 heterocycles. The summed E-state index contributed by atoms with van der Waals surface area (Å²) in [6.07, 6.45) is -0.704. The Balaban J connectivity index is 1.61. The third-order valence-corrected chi connectivity index (χ3v) is 5.96. The summed E-state index contributed by atoms with van der Waals surface area (Å²) >= 11 is 0. The Morgan fingerprint density at radius 2 is 1.27 bits per heavy atom. The van der Waals surface area contributed by atoms with Gasteiger partial charge in [-0.1, -0.05) is 55.5 Å². The zero-order chi connectivity index (χ0) is 26.5. The molecule has 3 aromatic rings. The Morgan fingerprint density at radius 1 is 0.784 bits per heavy atom. The number of amides is 1. The number of benzene rings is 3. The Kier molecular flexibility index (Phi) is 11.4. The minimum atomic E-state index is -0.741. The fraction of sp³-hybridized carbons (Fsp3) is 0.345. The van der Waals surface area contributed by atoms with Gasteiger partial charge in [0, 0.05) is 30.7 Å². The number of primary amides is 1. The Labute approximate surface area is 218 Å². The average Bonchev–Trinajstić information content (AvgIpc) is 2.93. The Bertz CT molecular complexity index is 1050. The maximum Gasteiger partial charge on any atom is 0.248 e. The molecule has 6 N–H and O–H groups in total. The first-order chi connectivity index (χ1) is 18.0. The van der Waals surface area contributed by atoms with E-state index in [9.17, 15) is 15.0 Å². The molecule has 0 aliphatic carbocycles. The van der Waals surface area contributed by atoms with Crippen LogP contribution >= 0.6 is 0 Å². The molecule has 0 bridgehead atoms. The van der Waals surface area contributed by atoms with Gasteiger partial charge in [0.25, 0.3) is 0 Å². The van der Waals surface area contributed by atoms with E-state index in [2.05, 4.69) is 10.6 Å². The lowest BCUT2D eigenvalue weighted by Gasteiger charge is -2.30. The number of hydrogen-bond acceptors (Lipinski definition) is 7. The maximum absolute atomic E-state index is 11.5. The quantitative estimate of drug-likeness (QED) is 0.202. The van der Waals surface area contributed by atoms with Crippen molar-refractivity contribution in [2.75, 3.05) is 26.3 Å². The number of para-hydroxylation sites is 2. The largest absolute Gasteiger partial charge is 0.491 e. The highest BCUT2D eigenvalue weighted by Gasteiger charge is 2.23. The fourth-order valence-corrected chi connectivity index (χ4v) is 3.93. The van der Waals surface area contributed by atoms with Crippen molar-refractivity contribution in [3.05, 3.63) is 96.1 Å². The smallest absolute Gasteiger partial charge is 0.248 e. The van der Waals surface area contributed by atoms with Crippen molar-refractivity contribution in [1.82, 2.24) is 10.6 Å². The van der Waals surface area contributed by atoms with Gasteiger partial charge in [0.2, 0.25) is 5.91 Å². The molecule has 0 aliphatic rings. The van der Waals surface area contributed by atoms with Crippen molar-refractivity contribution < 1.29 is 24.5 Å². The van der Waals surface area contributed by atoms with Crippen LogP contribution in [0.15, 0.2) is 84.9 Å². The summed E-state index contributed by atoms with van der Waals surface area (Å²) in [4.78, 5) is 11.5. The van der Waals surface area contributed by atoms with Crippen LogP contribution in [-0.4, -0.2) is 60.7 Å². The highest BCUT2D eigenvalue weighted by Crippen LogP contribution is 2.21. The summed E-state index contributed by atoms with van der Waals surface area (Å²) in [5.41, 5.74) is 6.75. The molecule has 3 aromatic carbocycles.